The van der Waals surface area contributed by atoms with Crippen LogP contribution in [0.1, 0.15) is 76.0 Å². The summed E-state index contributed by atoms with van der Waals surface area (Å²) in [5.74, 6) is 0. The first-order valence-electron chi connectivity index (χ1n) is 11.7. The van der Waals surface area contributed by atoms with Crippen LogP contribution in [0.3, 0.4) is 0 Å². The quantitative estimate of drug-likeness (QED) is 0.428. The SMILES string of the molecule is CCB(CC)n1c(C)c(CC)c(C)c1/C(=C1\N=C(C)C(CC)=C1C)c1ccccc1. The van der Waals surface area contributed by atoms with Gasteiger partial charge in [-0.15, -0.1) is 0 Å². The maximum absolute atomic E-state index is 5.14. The van der Waals surface area contributed by atoms with Gasteiger partial charge in [0, 0.05) is 22.7 Å². The molecule has 3 rings (SSSR count). The Morgan fingerprint density at radius 2 is 1.53 bits per heavy atom. The van der Waals surface area contributed by atoms with Crippen LogP contribution in [-0.4, -0.2) is 17.0 Å². The Morgan fingerprint density at radius 1 is 0.900 bits per heavy atom. The highest BCUT2D eigenvalue weighted by atomic mass is 14.9. The fraction of sp³-hybridized carbons (Fsp3) is 0.444. The van der Waals surface area contributed by atoms with Crippen molar-refractivity contribution in [3.8, 4) is 0 Å². The summed E-state index contributed by atoms with van der Waals surface area (Å²) in [7, 11) is 0. The molecule has 0 amide bonds. The average molecular weight is 400 g/mol. The van der Waals surface area contributed by atoms with Gasteiger partial charge in [0.25, 0.3) is 6.85 Å². The number of allylic oxidation sites excluding steroid dienone is 2. The lowest BCUT2D eigenvalue weighted by molar-refractivity contribution is 1.01. The van der Waals surface area contributed by atoms with Crippen molar-refractivity contribution < 1.29 is 0 Å². The van der Waals surface area contributed by atoms with Crippen LogP contribution in [-0.2, 0) is 6.42 Å². The molecule has 2 aromatic rings. The van der Waals surface area contributed by atoms with Gasteiger partial charge < -0.3 is 4.48 Å². The minimum Gasteiger partial charge on any atom is -0.389 e. The van der Waals surface area contributed by atoms with Gasteiger partial charge in [-0.2, -0.15) is 0 Å². The minimum atomic E-state index is 0.500. The molecule has 30 heavy (non-hydrogen) atoms. The second-order valence-corrected chi connectivity index (χ2v) is 8.48. The molecule has 0 saturated carbocycles. The van der Waals surface area contributed by atoms with Gasteiger partial charge in [0.1, 0.15) is 0 Å². The van der Waals surface area contributed by atoms with Gasteiger partial charge in [-0.05, 0) is 68.4 Å². The van der Waals surface area contributed by atoms with Crippen LogP contribution in [0, 0.1) is 13.8 Å². The Bertz CT molecular complexity index is 1010. The van der Waals surface area contributed by atoms with Crippen LogP contribution in [0.4, 0.5) is 0 Å². The van der Waals surface area contributed by atoms with Crippen molar-refractivity contribution in [2.45, 2.75) is 80.9 Å². The third kappa shape index (κ3) is 3.64. The van der Waals surface area contributed by atoms with Crippen LogP contribution in [0.15, 0.2) is 52.2 Å². The Balaban J connectivity index is 2.47. The lowest BCUT2D eigenvalue weighted by atomic mass is 9.56. The molecular weight excluding hydrogens is 363 g/mol. The fourth-order valence-corrected chi connectivity index (χ4v) is 5.34. The van der Waals surface area contributed by atoms with Gasteiger partial charge in [-0.3, -0.25) is 4.99 Å². The standard InChI is InChI=1S/C27H37BN2/c1-9-23-18(5)26(29-20(23)7)25(22-16-14-13-15-17-22)27-19(6)24(10-2)21(8)30(27)28(11-3)12-4/h13-17H,9-12H2,1-8H3/b26-25-. The van der Waals surface area contributed by atoms with Crippen molar-refractivity contribution in [3.05, 3.63) is 75.3 Å². The second-order valence-electron chi connectivity index (χ2n) is 8.48. The van der Waals surface area contributed by atoms with Gasteiger partial charge in [0.05, 0.1) is 5.70 Å². The van der Waals surface area contributed by atoms with Gasteiger partial charge in [-0.25, -0.2) is 0 Å². The lowest BCUT2D eigenvalue weighted by Gasteiger charge is -2.22. The summed E-state index contributed by atoms with van der Waals surface area (Å²) in [6.45, 7) is 18.7. The van der Waals surface area contributed by atoms with E-state index in [0.29, 0.717) is 6.85 Å². The monoisotopic (exact) mass is 400 g/mol. The number of rotatable bonds is 7. The molecule has 0 radical (unpaired) electrons. The van der Waals surface area contributed by atoms with Crippen LogP contribution in [0.5, 0.6) is 0 Å². The van der Waals surface area contributed by atoms with Crippen LogP contribution in [0.2, 0.25) is 12.6 Å². The zero-order valence-electron chi connectivity index (χ0n) is 20.2. The Hall–Kier alpha value is -2.29. The van der Waals surface area contributed by atoms with Crippen molar-refractivity contribution in [2.75, 3.05) is 0 Å². The van der Waals surface area contributed by atoms with Crippen molar-refractivity contribution in [1.82, 2.24) is 4.48 Å². The molecule has 0 spiro atoms. The molecule has 2 heterocycles. The molecule has 0 saturated heterocycles. The van der Waals surface area contributed by atoms with E-state index in [0.717, 1.165) is 31.2 Å². The first kappa shape index (κ1) is 22.4. The van der Waals surface area contributed by atoms with Crippen molar-refractivity contribution >= 4 is 18.1 Å². The average Bonchev–Trinajstić information content (AvgIpc) is 3.17. The second kappa shape index (κ2) is 9.24. The van der Waals surface area contributed by atoms with E-state index in [2.05, 4.69) is 90.2 Å². The maximum Gasteiger partial charge on any atom is 0.259 e. The molecule has 0 bridgehead atoms. The van der Waals surface area contributed by atoms with E-state index in [-0.39, 0.29) is 0 Å². The van der Waals surface area contributed by atoms with E-state index in [1.807, 2.05) is 0 Å². The van der Waals surface area contributed by atoms with E-state index in [1.165, 1.54) is 50.5 Å². The summed E-state index contributed by atoms with van der Waals surface area (Å²) < 4.78 is 2.63. The number of hydrogen-bond acceptors (Lipinski definition) is 1. The Labute approximate surface area is 183 Å². The summed E-state index contributed by atoms with van der Waals surface area (Å²) in [5.41, 5.74) is 13.3. The third-order valence-corrected chi connectivity index (χ3v) is 6.92. The summed E-state index contributed by atoms with van der Waals surface area (Å²) >= 11 is 0. The molecule has 0 fully saturated rings. The molecule has 1 aromatic heterocycles. The molecular formula is C27H37BN2. The summed E-state index contributed by atoms with van der Waals surface area (Å²) in [5, 5.41) is 0. The maximum atomic E-state index is 5.14. The molecule has 0 aliphatic carbocycles. The van der Waals surface area contributed by atoms with Crippen molar-refractivity contribution in [2.24, 2.45) is 4.99 Å². The molecule has 1 aliphatic heterocycles. The molecule has 0 atom stereocenters. The van der Waals surface area contributed by atoms with Crippen LogP contribution >= 0.6 is 0 Å². The van der Waals surface area contributed by atoms with E-state index in [1.54, 1.807) is 0 Å². The zero-order valence-corrected chi connectivity index (χ0v) is 20.2. The van der Waals surface area contributed by atoms with Crippen LogP contribution < -0.4 is 0 Å². The molecule has 0 unspecified atom stereocenters. The lowest BCUT2D eigenvalue weighted by Crippen LogP contribution is -2.26. The molecule has 3 heteroatoms. The fourth-order valence-electron chi connectivity index (χ4n) is 5.34. The molecule has 158 valence electrons. The Kier molecular flexibility index (Phi) is 6.90. The number of hydrogen-bond donors (Lipinski definition) is 0. The first-order chi connectivity index (χ1) is 14.4. The molecule has 1 aromatic carbocycles. The summed E-state index contributed by atoms with van der Waals surface area (Å²) in [6.07, 6.45) is 4.36. The molecule has 2 nitrogen and oxygen atoms in total. The van der Waals surface area contributed by atoms with E-state index < -0.39 is 0 Å². The van der Waals surface area contributed by atoms with Gasteiger partial charge in [0.2, 0.25) is 0 Å². The predicted octanol–water partition coefficient (Wildman–Crippen LogP) is 7.51. The van der Waals surface area contributed by atoms with E-state index >= 15 is 0 Å². The Morgan fingerprint density at radius 3 is 2.03 bits per heavy atom. The van der Waals surface area contributed by atoms with Gasteiger partial charge in [0.15, 0.2) is 0 Å². The predicted molar refractivity (Wildman–Crippen MR) is 134 cm³/mol. The summed E-state index contributed by atoms with van der Waals surface area (Å²) in [4.78, 5) is 5.14. The molecule has 1 aliphatic rings. The highest BCUT2D eigenvalue weighted by molar-refractivity contribution is 6.57. The summed E-state index contributed by atoms with van der Waals surface area (Å²) in [6, 6.07) is 10.9. The van der Waals surface area contributed by atoms with Gasteiger partial charge in [-0.1, -0.05) is 70.7 Å². The third-order valence-electron chi connectivity index (χ3n) is 6.92. The number of aliphatic imine (C=N–C) groups is 1. The number of aromatic nitrogens is 1. The van der Waals surface area contributed by atoms with E-state index in [4.69, 9.17) is 4.99 Å². The van der Waals surface area contributed by atoms with Crippen molar-refractivity contribution in [1.29, 1.82) is 0 Å². The molecule has 0 N–H and O–H groups in total. The minimum absolute atomic E-state index is 0.500. The van der Waals surface area contributed by atoms with Crippen molar-refractivity contribution in [3.63, 3.8) is 0 Å². The largest absolute Gasteiger partial charge is 0.389 e. The topological polar surface area (TPSA) is 17.3 Å². The highest BCUT2D eigenvalue weighted by Crippen LogP contribution is 2.40. The highest BCUT2D eigenvalue weighted by Gasteiger charge is 2.29. The number of nitrogens with zero attached hydrogens (tertiary/aromatic N) is 2. The van der Waals surface area contributed by atoms with E-state index in [9.17, 15) is 0 Å². The van der Waals surface area contributed by atoms with Crippen LogP contribution in [0.25, 0.3) is 5.57 Å². The number of benzene rings is 1. The van der Waals surface area contributed by atoms with Gasteiger partial charge >= 0.3 is 0 Å². The first-order valence-corrected chi connectivity index (χ1v) is 11.7. The zero-order chi connectivity index (χ0) is 22.0. The normalized spacial score (nSPS) is 15.7. The smallest absolute Gasteiger partial charge is 0.259 e.